The van der Waals surface area contributed by atoms with Crippen LogP contribution in [-0.2, 0) is 4.79 Å². The summed E-state index contributed by atoms with van der Waals surface area (Å²) in [5, 5.41) is 0. The Balaban J connectivity index is 3.31. The number of rotatable bonds is 0. The van der Waals surface area contributed by atoms with E-state index in [1.807, 2.05) is 0 Å². The average Bonchev–Trinajstić information content (AvgIpc) is 2.05. The van der Waals surface area contributed by atoms with Crippen molar-refractivity contribution in [2.75, 3.05) is 13.5 Å². The molecule has 2 heteroatoms. The smallest absolute Gasteiger partial charge is 0.222 e. The first-order chi connectivity index (χ1) is 5.57. The maximum atomic E-state index is 11.1. The molecule has 0 aromatic heterocycles. The Kier molecular flexibility index (Phi) is 0.271. The molecule has 0 aliphatic carbocycles. The van der Waals surface area contributed by atoms with Gasteiger partial charge in [0, 0.05) is 28.1 Å². The van der Waals surface area contributed by atoms with E-state index in [0.29, 0.717) is 4.90 Å². The minimum Gasteiger partial charge on any atom is -0.346 e. The van der Waals surface area contributed by atoms with Crippen molar-refractivity contribution in [3.05, 3.63) is 0 Å². The Morgan fingerprint density at radius 2 is 2.71 bits per heavy atom. The molecule has 0 N–H and O–H groups in total. The predicted octanol–water partition coefficient (Wildman–Crippen LogP) is 0.239. The van der Waals surface area contributed by atoms with Gasteiger partial charge in [-0.1, -0.05) is 0 Å². The second-order valence-corrected chi connectivity index (χ2v) is 1.23. The van der Waals surface area contributed by atoms with Gasteiger partial charge in [-0.25, -0.2) is 0 Å². The summed E-state index contributed by atoms with van der Waals surface area (Å²) in [5.74, 6) is -1.16. The van der Waals surface area contributed by atoms with E-state index < -0.39 is 25.1 Å². The first kappa shape index (κ1) is 1.24. The Morgan fingerprint density at radius 1 is 2.00 bits per heavy atom. The first-order valence-electron chi connectivity index (χ1n) is 4.85. The quantitative estimate of drug-likeness (QED) is 0.432. The van der Waals surface area contributed by atoms with Gasteiger partial charge in [0.1, 0.15) is 0 Å². The van der Waals surface area contributed by atoms with Crippen molar-refractivity contribution in [3.63, 3.8) is 0 Å². The molecule has 2 nitrogen and oxygen atoms in total. The van der Waals surface area contributed by atoms with E-state index in [1.54, 1.807) is 0 Å². The summed E-state index contributed by atoms with van der Waals surface area (Å²) in [7, 11) is 1.05. The summed E-state index contributed by atoms with van der Waals surface area (Å²) in [6.07, 6.45) is -5.63. The summed E-state index contributed by atoms with van der Waals surface area (Å²) in [4.78, 5) is 11.6. The van der Waals surface area contributed by atoms with Crippen LogP contribution in [0.5, 0.6) is 0 Å². The lowest BCUT2D eigenvalue weighted by Crippen LogP contribution is -2.17. The van der Waals surface area contributed by atoms with Gasteiger partial charge in [0.05, 0.1) is 0 Å². The van der Waals surface area contributed by atoms with Crippen LogP contribution in [0, 0.1) is 0 Å². The van der Waals surface area contributed by atoms with E-state index in [1.165, 1.54) is 0 Å². The number of carbonyl (C=O) groups is 1. The molecular formula is C5H9NO. The Hall–Kier alpha value is -0.530. The molecule has 0 radical (unpaired) electrons. The molecule has 0 aromatic rings. The fourth-order valence-electron chi connectivity index (χ4n) is 0.300. The van der Waals surface area contributed by atoms with Crippen LogP contribution in [0.2, 0.25) is 0 Å². The summed E-state index contributed by atoms with van der Waals surface area (Å²) in [6, 6.07) is 0. The Bertz CT molecular complexity index is 262. The molecule has 1 fully saturated rings. The molecule has 1 saturated heterocycles. The fourth-order valence-corrected chi connectivity index (χ4v) is 0.300. The van der Waals surface area contributed by atoms with Gasteiger partial charge in [0.15, 0.2) is 0 Å². The van der Waals surface area contributed by atoms with Crippen molar-refractivity contribution in [2.45, 2.75) is 12.7 Å². The van der Waals surface area contributed by atoms with Crippen molar-refractivity contribution >= 4 is 5.91 Å². The maximum Gasteiger partial charge on any atom is 0.222 e. The zero-order chi connectivity index (χ0) is 10.7. The highest BCUT2D eigenvalue weighted by atomic mass is 16.2. The van der Waals surface area contributed by atoms with Crippen molar-refractivity contribution in [3.8, 4) is 0 Å². The molecule has 40 valence electrons. The lowest BCUT2D eigenvalue weighted by molar-refractivity contribution is -0.126. The van der Waals surface area contributed by atoms with Crippen molar-refractivity contribution in [1.29, 1.82) is 0 Å². The molecule has 1 aliphatic heterocycles. The number of hydrogen-bond donors (Lipinski definition) is 0. The molecule has 1 heterocycles. The summed E-state index contributed by atoms with van der Waals surface area (Å²) in [6.45, 7) is -2.60. The summed E-state index contributed by atoms with van der Waals surface area (Å²) >= 11 is 0. The second kappa shape index (κ2) is 1.52. The van der Waals surface area contributed by atoms with Crippen LogP contribution in [0.1, 0.15) is 21.0 Å². The maximum absolute atomic E-state index is 11.1. The minimum absolute atomic E-state index is 0.465. The molecule has 0 bridgehead atoms. The lowest BCUT2D eigenvalue weighted by atomic mass is 10.4. The lowest BCUT2D eigenvalue weighted by Gasteiger charge is -2.03. The molecule has 0 unspecified atom stereocenters. The van der Waals surface area contributed by atoms with E-state index in [0.717, 1.165) is 7.05 Å². The summed E-state index contributed by atoms with van der Waals surface area (Å²) in [5.41, 5.74) is 0. The second-order valence-electron chi connectivity index (χ2n) is 1.23. The molecular weight excluding hydrogens is 90.1 g/mol. The van der Waals surface area contributed by atoms with Crippen LogP contribution in [0.15, 0.2) is 0 Å². The highest BCUT2D eigenvalue weighted by molar-refractivity contribution is 5.77. The molecule has 7 heavy (non-hydrogen) atoms. The van der Waals surface area contributed by atoms with Gasteiger partial charge in [-0.2, -0.15) is 0 Å². The molecule has 0 aromatic carbocycles. The third-order valence-corrected chi connectivity index (χ3v) is 0.698. The fraction of sp³-hybridized carbons (Fsp3) is 0.800. The van der Waals surface area contributed by atoms with Crippen LogP contribution in [-0.4, -0.2) is 24.4 Å². The van der Waals surface area contributed by atoms with E-state index in [2.05, 4.69) is 0 Å². The van der Waals surface area contributed by atoms with Gasteiger partial charge in [0.25, 0.3) is 0 Å². The van der Waals surface area contributed by atoms with Crippen LogP contribution < -0.4 is 0 Å². The molecule has 0 spiro atoms. The van der Waals surface area contributed by atoms with Gasteiger partial charge in [-0.3, -0.25) is 4.79 Å². The highest BCUT2D eigenvalue weighted by Crippen LogP contribution is 2.04. The minimum atomic E-state index is -2.83. The van der Waals surface area contributed by atoms with E-state index >= 15 is 0 Å². The van der Waals surface area contributed by atoms with Gasteiger partial charge in [-0.15, -0.1) is 0 Å². The monoisotopic (exact) mass is 105 g/mol. The van der Waals surface area contributed by atoms with Gasteiger partial charge < -0.3 is 4.90 Å². The molecule has 0 saturated carbocycles. The predicted molar refractivity (Wildman–Crippen MR) is 26.9 cm³/mol. The first-order valence-corrected chi connectivity index (χ1v) is 1.85. The zero-order valence-electron chi connectivity index (χ0n) is 9.86. The van der Waals surface area contributed by atoms with E-state index in [-0.39, 0.29) is 0 Å². The Labute approximate surface area is 51.5 Å². The normalized spacial score (nSPS) is 55.6. The van der Waals surface area contributed by atoms with Crippen molar-refractivity contribution in [2.24, 2.45) is 0 Å². The van der Waals surface area contributed by atoms with Gasteiger partial charge in [0.2, 0.25) is 5.91 Å². The number of amides is 1. The van der Waals surface area contributed by atoms with E-state index in [9.17, 15) is 4.79 Å². The molecule has 1 amide bonds. The van der Waals surface area contributed by atoms with Gasteiger partial charge in [-0.05, 0) is 6.37 Å². The standard InChI is InChI=1S/C5H9NO/c1-6-4-2-3-5(6)7/h2-4H2,1H3/i2D2,3D2,4D2. The number of carbonyl (C=O) groups excluding carboxylic acids is 1. The molecule has 0 atom stereocenters. The largest absolute Gasteiger partial charge is 0.346 e. The Morgan fingerprint density at radius 3 is 2.86 bits per heavy atom. The third-order valence-electron chi connectivity index (χ3n) is 0.698. The van der Waals surface area contributed by atoms with Crippen molar-refractivity contribution in [1.82, 2.24) is 4.90 Å². The third kappa shape index (κ3) is 0.734. The molecule has 1 aliphatic rings. The van der Waals surface area contributed by atoms with Crippen LogP contribution in [0.25, 0.3) is 0 Å². The van der Waals surface area contributed by atoms with Crippen LogP contribution in [0.3, 0.4) is 0 Å². The highest BCUT2D eigenvalue weighted by Gasteiger charge is 2.14. The number of likely N-dealkylation sites (tertiary alicyclic amines) is 1. The number of hydrogen-bond acceptors (Lipinski definition) is 1. The molecule has 1 rings (SSSR count). The van der Waals surface area contributed by atoms with Crippen molar-refractivity contribution < 1.29 is 13.0 Å². The van der Waals surface area contributed by atoms with Crippen LogP contribution >= 0.6 is 0 Å². The topological polar surface area (TPSA) is 20.3 Å². The van der Waals surface area contributed by atoms with E-state index in [4.69, 9.17) is 8.22 Å². The SMILES string of the molecule is [2H]C1([2H])C(=O)N(C)C([2H])([2H])C1([2H])[2H]. The zero-order valence-corrected chi connectivity index (χ0v) is 3.86. The number of nitrogens with zero attached hydrogens (tertiary/aromatic N) is 1. The van der Waals surface area contributed by atoms with Gasteiger partial charge >= 0.3 is 0 Å². The summed E-state index contributed by atoms with van der Waals surface area (Å²) < 4.78 is 43.2. The van der Waals surface area contributed by atoms with Crippen LogP contribution in [0.4, 0.5) is 0 Å². The average molecular weight is 105 g/mol.